The Balaban J connectivity index is 1.88. The lowest BCUT2D eigenvalue weighted by molar-refractivity contribution is 0.0526. The number of anilines is 1. The van der Waals surface area contributed by atoms with Crippen LogP contribution in [0.3, 0.4) is 0 Å². The Morgan fingerprint density at radius 2 is 1.85 bits per heavy atom. The summed E-state index contributed by atoms with van der Waals surface area (Å²) in [6, 6.07) is 0. The Morgan fingerprint density at radius 1 is 1.12 bits per heavy atom. The quantitative estimate of drug-likeness (QED) is 0.313. The number of carbonyl (C=O) groups excluding carboxylic acids is 1. The number of hydrogen-bond acceptors (Lipinski definition) is 4. The molecule has 0 fully saturated rings. The highest BCUT2D eigenvalue weighted by Crippen LogP contribution is 2.38. The van der Waals surface area contributed by atoms with Gasteiger partial charge in [0, 0.05) is 11.4 Å². The van der Waals surface area contributed by atoms with E-state index >= 15 is 0 Å². The summed E-state index contributed by atoms with van der Waals surface area (Å²) >= 11 is 7.10. The Bertz CT molecular complexity index is 599. The minimum absolute atomic E-state index is 0.229. The average Bonchev–Trinajstić information content (AvgIpc) is 2.99. The van der Waals surface area contributed by atoms with Crippen LogP contribution >= 0.6 is 23.6 Å². The molecule has 2 rings (SSSR count). The number of thiophene rings is 1. The van der Waals surface area contributed by atoms with E-state index in [1.165, 1.54) is 49.0 Å². The summed E-state index contributed by atoms with van der Waals surface area (Å²) in [5.74, 6) is -0.229. The van der Waals surface area contributed by atoms with Gasteiger partial charge in [-0.25, -0.2) is 4.79 Å². The number of carbonyl (C=O) groups is 1. The van der Waals surface area contributed by atoms with Gasteiger partial charge in [-0.1, -0.05) is 39.0 Å². The predicted molar refractivity (Wildman–Crippen MR) is 115 cm³/mol. The van der Waals surface area contributed by atoms with Crippen LogP contribution in [0.15, 0.2) is 0 Å². The number of aryl methyl sites for hydroxylation is 1. The van der Waals surface area contributed by atoms with Crippen molar-refractivity contribution in [2.75, 3.05) is 18.5 Å². The molecule has 2 N–H and O–H groups in total. The summed E-state index contributed by atoms with van der Waals surface area (Å²) in [5.41, 5.74) is 1.87. The van der Waals surface area contributed by atoms with Crippen LogP contribution in [0.5, 0.6) is 0 Å². The Morgan fingerprint density at radius 3 is 2.62 bits per heavy atom. The van der Waals surface area contributed by atoms with E-state index in [4.69, 9.17) is 17.0 Å². The van der Waals surface area contributed by atoms with E-state index < -0.39 is 0 Å². The molecule has 0 bridgehead atoms. The van der Waals surface area contributed by atoms with Crippen molar-refractivity contribution in [1.82, 2.24) is 5.32 Å². The lowest BCUT2D eigenvalue weighted by atomic mass is 9.95. The molecule has 0 saturated carbocycles. The van der Waals surface area contributed by atoms with Gasteiger partial charge in [0.2, 0.25) is 0 Å². The minimum atomic E-state index is -0.229. The van der Waals surface area contributed by atoms with Crippen LogP contribution in [0.25, 0.3) is 0 Å². The number of hydrogen-bond donors (Lipinski definition) is 2. The normalized spacial score (nSPS) is 13.2. The van der Waals surface area contributed by atoms with Gasteiger partial charge in [0.05, 0.1) is 12.2 Å². The first-order valence-electron chi connectivity index (χ1n) is 10.0. The molecular weight excluding hydrogens is 364 g/mol. The molecule has 6 heteroatoms. The number of nitrogens with one attached hydrogen (secondary N) is 2. The summed E-state index contributed by atoms with van der Waals surface area (Å²) in [4.78, 5) is 13.8. The van der Waals surface area contributed by atoms with Gasteiger partial charge in [-0.05, 0) is 56.8 Å². The molecule has 0 aliphatic heterocycles. The summed E-state index contributed by atoms with van der Waals surface area (Å²) in [6.07, 6.45) is 11.9. The molecular formula is C20H32N2O2S2. The maximum absolute atomic E-state index is 12.4. The van der Waals surface area contributed by atoms with Crippen LogP contribution in [0, 0.1) is 0 Å². The van der Waals surface area contributed by atoms with Gasteiger partial charge >= 0.3 is 5.97 Å². The third-order valence-electron chi connectivity index (χ3n) is 4.69. The van der Waals surface area contributed by atoms with Gasteiger partial charge in [0.1, 0.15) is 5.00 Å². The zero-order valence-corrected chi connectivity index (χ0v) is 17.8. The van der Waals surface area contributed by atoms with Gasteiger partial charge < -0.3 is 15.4 Å². The molecule has 1 aromatic rings. The highest BCUT2D eigenvalue weighted by molar-refractivity contribution is 7.80. The van der Waals surface area contributed by atoms with Crippen LogP contribution in [0.4, 0.5) is 5.00 Å². The van der Waals surface area contributed by atoms with Crippen LogP contribution in [0.1, 0.15) is 86.0 Å². The third-order valence-corrected chi connectivity index (χ3v) is 6.15. The molecule has 26 heavy (non-hydrogen) atoms. The second-order valence-electron chi connectivity index (χ2n) is 6.78. The van der Waals surface area contributed by atoms with Gasteiger partial charge in [-0.3, -0.25) is 0 Å². The molecule has 1 aromatic heterocycles. The first-order valence-corrected chi connectivity index (χ1v) is 11.3. The second kappa shape index (κ2) is 11.5. The maximum Gasteiger partial charge on any atom is 0.341 e. The van der Waals surface area contributed by atoms with Gasteiger partial charge in [-0.2, -0.15) is 0 Å². The summed E-state index contributed by atoms with van der Waals surface area (Å²) in [7, 11) is 0. The number of unbranched alkanes of at least 4 members (excludes halogenated alkanes) is 5. The van der Waals surface area contributed by atoms with Crippen molar-refractivity contribution in [3.05, 3.63) is 16.0 Å². The fourth-order valence-electron chi connectivity index (χ4n) is 3.33. The molecule has 0 radical (unpaired) electrons. The fourth-order valence-corrected chi connectivity index (χ4v) is 4.88. The van der Waals surface area contributed by atoms with Gasteiger partial charge in [0.15, 0.2) is 5.11 Å². The van der Waals surface area contributed by atoms with E-state index in [-0.39, 0.29) is 5.97 Å². The molecule has 1 aliphatic rings. The standard InChI is InChI=1S/C20H32N2O2S2/c1-3-5-6-7-8-11-14-21-20(25)22-18-17(19(23)24-4-2)15-12-9-10-13-16(15)26-18/h3-14H2,1-2H3,(H2,21,22,25). The summed E-state index contributed by atoms with van der Waals surface area (Å²) < 4.78 is 5.28. The van der Waals surface area contributed by atoms with Crippen LogP contribution in [0.2, 0.25) is 0 Å². The SMILES string of the molecule is CCCCCCCCNC(=S)Nc1sc2c(c1C(=O)OCC)CCCC2. The molecule has 0 spiro atoms. The van der Waals surface area contributed by atoms with Crippen molar-refractivity contribution in [2.45, 2.75) is 78.1 Å². The van der Waals surface area contributed by atoms with E-state index in [0.29, 0.717) is 17.3 Å². The van der Waals surface area contributed by atoms with E-state index in [0.717, 1.165) is 37.2 Å². The minimum Gasteiger partial charge on any atom is -0.462 e. The first kappa shape index (κ1) is 21.2. The van der Waals surface area contributed by atoms with Crippen LogP contribution in [-0.4, -0.2) is 24.2 Å². The number of fused-ring (bicyclic) bond motifs is 1. The fraction of sp³-hybridized carbons (Fsp3) is 0.700. The van der Waals surface area contributed by atoms with Crippen LogP contribution < -0.4 is 10.6 Å². The second-order valence-corrected chi connectivity index (χ2v) is 8.30. The summed E-state index contributed by atoms with van der Waals surface area (Å²) in [6.45, 7) is 5.34. The zero-order chi connectivity index (χ0) is 18.8. The monoisotopic (exact) mass is 396 g/mol. The predicted octanol–water partition coefficient (Wildman–Crippen LogP) is 5.45. The Labute approximate surface area is 167 Å². The molecule has 0 unspecified atom stereocenters. The lowest BCUT2D eigenvalue weighted by Gasteiger charge is -2.13. The topological polar surface area (TPSA) is 50.4 Å². The van der Waals surface area contributed by atoms with E-state index in [1.807, 2.05) is 6.92 Å². The summed E-state index contributed by atoms with van der Waals surface area (Å²) in [5, 5.41) is 7.97. The maximum atomic E-state index is 12.4. The average molecular weight is 397 g/mol. The lowest BCUT2D eigenvalue weighted by Crippen LogP contribution is -2.29. The highest BCUT2D eigenvalue weighted by atomic mass is 32.1. The van der Waals surface area contributed by atoms with Gasteiger partial charge in [-0.15, -0.1) is 11.3 Å². The molecule has 0 aromatic carbocycles. The van der Waals surface area contributed by atoms with Crippen LogP contribution in [-0.2, 0) is 17.6 Å². The molecule has 0 saturated heterocycles. The number of esters is 1. The molecule has 146 valence electrons. The number of rotatable bonds is 10. The Kier molecular flexibility index (Phi) is 9.40. The van der Waals surface area contributed by atoms with Crippen molar-refractivity contribution in [1.29, 1.82) is 0 Å². The third kappa shape index (κ3) is 6.23. The zero-order valence-electron chi connectivity index (χ0n) is 16.1. The smallest absolute Gasteiger partial charge is 0.341 e. The largest absolute Gasteiger partial charge is 0.462 e. The molecule has 1 heterocycles. The molecule has 0 amide bonds. The number of thiocarbonyl (C=S) groups is 1. The molecule has 0 atom stereocenters. The Hall–Kier alpha value is -1.14. The van der Waals surface area contributed by atoms with Gasteiger partial charge in [0.25, 0.3) is 0 Å². The van der Waals surface area contributed by atoms with Crippen molar-refractivity contribution in [2.24, 2.45) is 0 Å². The van der Waals surface area contributed by atoms with E-state index in [2.05, 4.69) is 17.6 Å². The van der Waals surface area contributed by atoms with Crippen molar-refractivity contribution in [3.63, 3.8) is 0 Å². The number of ether oxygens (including phenoxy) is 1. The highest BCUT2D eigenvalue weighted by Gasteiger charge is 2.26. The molecule has 4 nitrogen and oxygen atoms in total. The molecule has 1 aliphatic carbocycles. The van der Waals surface area contributed by atoms with Crippen molar-refractivity contribution in [3.8, 4) is 0 Å². The first-order chi connectivity index (χ1) is 12.7. The van der Waals surface area contributed by atoms with Crippen molar-refractivity contribution >= 4 is 39.6 Å². The van der Waals surface area contributed by atoms with Crippen molar-refractivity contribution < 1.29 is 9.53 Å². The van der Waals surface area contributed by atoms with E-state index in [1.54, 1.807) is 11.3 Å². The van der Waals surface area contributed by atoms with E-state index in [9.17, 15) is 4.79 Å².